The standard InChI is InChI=1S/C7H9N3S/c1-11-5-2-6-7(8-3-5)4-9-10-6/h2-4,6-7,10H,1H3. The highest BCUT2D eigenvalue weighted by Gasteiger charge is 2.23. The van der Waals surface area contributed by atoms with Gasteiger partial charge in [0, 0.05) is 11.1 Å². The topological polar surface area (TPSA) is 36.8 Å². The molecule has 0 radical (unpaired) electrons. The Morgan fingerprint density at radius 1 is 1.64 bits per heavy atom. The van der Waals surface area contributed by atoms with Gasteiger partial charge >= 0.3 is 0 Å². The van der Waals surface area contributed by atoms with Gasteiger partial charge in [0.25, 0.3) is 0 Å². The molecule has 58 valence electrons. The number of thioether (sulfide) groups is 1. The summed E-state index contributed by atoms with van der Waals surface area (Å²) in [5, 5.41) is 3.95. The normalized spacial score (nSPS) is 33.0. The highest BCUT2D eigenvalue weighted by molar-refractivity contribution is 8.03. The zero-order chi connectivity index (χ0) is 7.68. The molecule has 11 heavy (non-hydrogen) atoms. The summed E-state index contributed by atoms with van der Waals surface area (Å²) in [4.78, 5) is 5.53. The molecule has 0 saturated carbocycles. The molecule has 1 N–H and O–H groups in total. The summed E-state index contributed by atoms with van der Waals surface area (Å²) in [5.41, 5.74) is 2.99. The molecule has 2 aliphatic rings. The second-order valence-electron chi connectivity index (χ2n) is 2.47. The van der Waals surface area contributed by atoms with E-state index in [0.717, 1.165) is 0 Å². The van der Waals surface area contributed by atoms with Crippen molar-refractivity contribution in [3.63, 3.8) is 0 Å². The van der Waals surface area contributed by atoms with Crippen LogP contribution in [0.3, 0.4) is 0 Å². The third-order valence-corrected chi connectivity index (χ3v) is 2.49. The van der Waals surface area contributed by atoms with Crippen LogP contribution >= 0.6 is 11.8 Å². The van der Waals surface area contributed by atoms with Gasteiger partial charge in [0.1, 0.15) is 6.04 Å². The van der Waals surface area contributed by atoms with Crippen molar-refractivity contribution in [1.29, 1.82) is 0 Å². The molecule has 0 aliphatic carbocycles. The van der Waals surface area contributed by atoms with E-state index in [1.54, 1.807) is 11.8 Å². The first-order valence-electron chi connectivity index (χ1n) is 3.48. The predicted octanol–water partition coefficient (Wildman–Crippen LogP) is 0.644. The van der Waals surface area contributed by atoms with E-state index in [9.17, 15) is 0 Å². The minimum Gasteiger partial charge on any atom is -0.301 e. The molecule has 3 nitrogen and oxygen atoms in total. The highest BCUT2D eigenvalue weighted by atomic mass is 32.2. The number of nitrogens with one attached hydrogen (secondary N) is 1. The largest absolute Gasteiger partial charge is 0.301 e. The molecule has 2 rings (SSSR count). The van der Waals surface area contributed by atoms with E-state index < -0.39 is 0 Å². The van der Waals surface area contributed by atoms with Gasteiger partial charge in [-0.05, 0) is 12.3 Å². The average molecular weight is 167 g/mol. The molecule has 0 spiro atoms. The monoisotopic (exact) mass is 167 g/mol. The number of dihydropyridines is 1. The minimum atomic E-state index is 0.228. The van der Waals surface area contributed by atoms with Gasteiger partial charge in [-0.3, -0.25) is 4.99 Å². The number of fused-ring (bicyclic) bond motifs is 1. The number of hydrogen-bond acceptors (Lipinski definition) is 4. The van der Waals surface area contributed by atoms with Crippen molar-refractivity contribution in [1.82, 2.24) is 5.43 Å². The van der Waals surface area contributed by atoms with E-state index in [2.05, 4.69) is 21.6 Å². The zero-order valence-electron chi connectivity index (χ0n) is 6.19. The van der Waals surface area contributed by atoms with E-state index in [1.807, 2.05) is 18.7 Å². The molecular weight excluding hydrogens is 158 g/mol. The van der Waals surface area contributed by atoms with E-state index >= 15 is 0 Å². The number of hydrazone groups is 1. The van der Waals surface area contributed by atoms with Crippen LogP contribution in [0.4, 0.5) is 0 Å². The van der Waals surface area contributed by atoms with Gasteiger partial charge in [0.15, 0.2) is 0 Å². The maximum absolute atomic E-state index is 4.32. The van der Waals surface area contributed by atoms with Gasteiger partial charge in [-0.15, -0.1) is 11.8 Å². The van der Waals surface area contributed by atoms with Crippen molar-refractivity contribution < 1.29 is 0 Å². The number of rotatable bonds is 1. The molecule has 0 bridgehead atoms. The molecule has 2 aliphatic heterocycles. The van der Waals surface area contributed by atoms with Crippen LogP contribution in [0.1, 0.15) is 0 Å². The molecule has 0 aromatic rings. The van der Waals surface area contributed by atoms with Gasteiger partial charge in [-0.25, -0.2) is 0 Å². The van der Waals surface area contributed by atoms with Crippen LogP contribution in [0.2, 0.25) is 0 Å². The lowest BCUT2D eigenvalue weighted by Crippen LogP contribution is -2.30. The van der Waals surface area contributed by atoms with Gasteiger partial charge in [-0.2, -0.15) is 5.10 Å². The Bertz CT molecular complexity index is 244. The Balaban J connectivity index is 2.18. The Labute approximate surface area is 69.7 Å². The van der Waals surface area contributed by atoms with Gasteiger partial charge in [0.05, 0.1) is 12.3 Å². The van der Waals surface area contributed by atoms with E-state index in [0.29, 0.717) is 6.04 Å². The van der Waals surface area contributed by atoms with E-state index in [1.165, 1.54) is 4.91 Å². The van der Waals surface area contributed by atoms with Crippen molar-refractivity contribution in [3.8, 4) is 0 Å². The molecule has 0 amide bonds. The van der Waals surface area contributed by atoms with Crippen molar-refractivity contribution in [2.75, 3.05) is 6.26 Å². The fourth-order valence-corrected chi connectivity index (χ4v) is 1.59. The second kappa shape index (κ2) is 2.70. The fraction of sp³-hybridized carbons (Fsp3) is 0.429. The van der Waals surface area contributed by atoms with Gasteiger partial charge in [-0.1, -0.05) is 0 Å². The first-order valence-corrected chi connectivity index (χ1v) is 4.70. The lowest BCUT2D eigenvalue weighted by atomic mass is 10.1. The van der Waals surface area contributed by atoms with Crippen LogP contribution in [0.5, 0.6) is 0 Å². The molecule has 0 aromatic carbocycles. The maximum atomic E-state index is 4.32. The average Bonchev–Trinajstić information content (AvgIpc) is 2.50. The molecule has 2 atom stereocenters. The highest BCUT2D eigenvalue weighted by Crippen LogP contribution is 2.18. The van der Waals surface area contributed by atoms with Crippen molar-refractivity contribution in [2.45, 2.75) is 12.1 Å². The minimum absolute atomic E-state index is 0.228. The number of hydrogen-bond donors (Lipinski definition) is 1. The summed E-state index contributed by atoms with van der Waals surface area (Å²) in [6.45, 7) is 0. The lowest BCUT2D eigenvalue weighted by Gasteiger charge is -2.15. The smallest absolute Gasteiger partial charge is 0.112 e. The molecule has 0 saturated heterocycles. The van der Waals surface area contributed by atoms with E-state index in [4.69, 9.17) is 0 Å². The summed E-state index contributed by atoms with van der Waals surface area (Å²) >= 11 is 1.71. The first kappa shape index (κ1) is 6.91. The van der Waals surface area contributed by atoms with Crippen LogP contribution in [-0.2, 0) is 0 Å². The van der Waals surface area contributed by atoms with Gasteiger partial charge < -0.3 is 5.43 Å². The van der Waals surface area contributed by atoms with Crippen LogP contribution in [-0.4, -0.2) is 30.8 Å². The summed E-state index contributed by atoms with van der Waals surface area (Å²) in [7, 11) is 0. The van der Waals surface area contributed by atoms with Crippen molar-refractivity contribution in [2.24, 2.45) is 10.1 Å². The molecular formula is C7H9N3S. The Kier molecular flexibility index (Phi) is 1.69. The lowest BCUT2D eigenvalue weighted by molar-refractivity contribution is 0.635. The van der Waals surface area contributed by atoms with Crippen LogP contribution in [0.25, 0.3) is 0 Å². The number of allylic oxidation sites excluding steroid dienone is 1. The Hall–Kier alpha value is -0.770. The fourth-order valence-electron chi connectivity index (χ4n) is 1.14. The molecule has 0 fully saturated rings. The maximum Gasteiger partial charge on any atom is 0.112 e. The Morgan fingerprint density at radius 2 is 2.55 bits per heavy atom. The third kappa shape index (κ3) is 1.18. The predicted molar refractivity (Wildman–Crippen MR) is 49.3 cm³/mol. The van der Waals surface area contributed by atoms with Crippen molar-refractivity contribution >= 4 is 24.2 Å². The quantitative estimate of drug-likeness (QED) is 0.622. The second-order valence-corrected chi connectivity index (χ2v) is 3.35. The SMILES string of the molecule is CSC1=CC2NN=CC2N=C1. The van der Waals surface area contributed by atoms with Crippen LogP contribution in [0.15, 0.2) is 21.1 Å². The van der Waals surface area contributed by atoms with E-state index in [-0.39, 0.29) is 6.04 Å². The number of nitrogens with zero attached hydrogens (tertiary/aromatic N) is 2. The van der Waals surface area contributed by atoms with Crippen molar-refractivity contribution in [3.05, 3.63) is 11.0 Å². The third-order valence-electron chi connectivity index (χ3n) is 1.77. The molecule has 2 unspecified atom stereocenters. The summed E-state index contributed by atoms with van der Waals surface area (Å²) in [6, 6.07) is 0.522. The van der Waals surface area contributed by atoms with Crippen LogP contribution < -0.4 is 5.43 Å². The Morgan fingerprint density at radius 3 is 3.36 bits per heavy atom. The first-order chi connectivity index (χ1) is 5.40. The summed E-state index contributed by atoms with van der Waals surface area (Å²) in [6.07, 6.45) is 7.96. The molecule has 4 heteroatoms. The zero-order valence-corrected chi connectivity index (χ0v) is 7.01. The summed E-state index contributed by atoms with van der Waals surface area (Å²) in [5.74, 6) is 0. The number of aliphatic imine (C=N–C) groups is 1. The van der Waals surface area contributed by atoms with Crippen LogP contribution in [0, 0.1) is 0 Å². The van der Waals surface area contributed by atoms with Gasteiger partial charge in [0.2, 0.25) is 0 Å². The molecule has 2 heterocycles. The summed E-state index contributed by atoms with van der Waals surface area (Å²) < 4.78 is 0. The molecule has 0 aromatic heterocycles.